The zero-order chi connectivity index (χ0) is 42.1. The van der Waals surface area contributed by atoms with Crippen LogP contribution in [-0.2, 0) is 16.2 Å². The lowest BCUT2D eigenvalue weighted by Crippen LogP contribution is -2.69. The molecule has 0 saturated heterocycles. The maximum Gasteiger partial charge on any atom is 0.412 e. The number of carbonyl (C=O) groups is 2. The molecule has 0 radical (unpaired) electrons. The van der Waals surface area contributed by atoms with Crippen molar-refractivity contribution in [2.24, 2.45) is 22.9 Å². The van der Waals surface area contributed by atoms with E-state index in [2.05, 4.69) is 18.0 Å². The normalized spacial score (nSPS) is 23.4. The third-order valence-electron chi connectivity index (χ3n) is 12.2. The number of amides is 2. The highest BCUT2D eigenvalue weighted by Crippen LogP contribution is 2.62. The van der Waals surface area contributed by atoms with Gasteiger partial charge in [-0.3, -0.25) is 4.79 Å². The number of nitrogens with zero attached hydrogens (tertiary/aromatic N) is 2. The van der Waals surface area contributed by atoms with Crippen molar-refractivity contribution in [2.75, 3.05) is 33.4 Å². The van der Waals surface area contributed by atoms with Crippen molar-refractivity contribution in [2.45, 2.75) is 76.2 Å². The molecule has 0 spiro atoms. The fourth-order valence-electron chi connectivity index (χ4n) is 9.51. The molecule has 0 unspecified atom stereocenters. The topological polar surface area (TPSA) is 139 Å². The maximum absolute atomic E-state index is 14.8. The molecule has 4 aromatic carbocycles. The predicted molar refractivity (Wildman–Crippen MR) is 232 cm³/mol. The smallest absolute Gasteiger partial charge is 0.412 e. The molecule has 60 heavy (non-hydrogen) atoms. The van der Waals surface area contributed by atoms with Crippen LogP contribution in [0.2, 0.25) is 0 Å². The first-order valence-corrected chi connectivity index (χ1v) is 21.3. The predicted octanol–water partition coefficient (Wildman–Crippen LogP) is 8.55. The number of nitrogens with one attached hydrogen (secondary N) is 1. The first-order valence-electron chi connectivity index (χ1n) is 21.3. The van der Waals surface area contributed by atoms with Gasteiger partial charge in [-0.1, -0.05) is 90.8 Å². The monoisotopic (exact) mass is 815 g/mol. The zero-order valence-electron chi connectivity index (χ0n) is 34.6. The van der Waals surface area contributed by atoms with Gasteiger partial charge in [0.25, 0.3) is 5.91 Å². The van der Waals surface area contributed by atoms with Gasteiger partial charge in [0.15, 0.2) is 0 Å². The first-order chi connectivity index (χ1) is 29.3. The van der Waals surface area contributed by atoms with Crippen LogP contribution in [0.15, 0.2) is 120 Å². The molecule has 1 saturated carbocycles. The highest BCUT2D eigenvalue weighted by Gasteiger charge is 2.65. The SMILES string of the molecule is C=CCO[C@@]12Oc3ccc(OC(=O)NCC)cc3[C@H]3[C@H](CCCCO)[C@@H](CCCCO)C=C(C(=NOCc4ccccc4)C[C@@H]1N(C)C(=O)c1ccc4ccccc4c1)[C@H]32. The largest absolute Gasteiger partial charge is 0.459 e. The molecule has 1 aliphatic heterocycles. The quantitative estimate of drug-likeness (QED) is 0.0516. The van der Waals surface area contributed by atoms with E-state index in [-0.39, 0.29) is 56.5 Å². The molecular weight excluding hydrogens is 759 g/mol. The van der Waals surface area contributed by atoms with Crippen molar-refractivity contribution in [1.29, 1.82) is 0 Å². The summed E-state index contributed by atoms with van der Waals surface area (Å²) in [6.45, 7) is 6.83. The van der Waals surface area contributed by atoms with Crippen LogP contribution >= 0.6 is 0 Å². The number of carbonyl (C=O) groups excluding carboxylic acids is 2. The molecule has 3 N–H and O–H groups in total. The molecule has 6 atom stereocenters. The van der Waals surface area contributed by atoms with Crippen LogP contribution in [0.1, 0.15) is 79.3 Å². The van der Waals surface area contributed by atoms with Crippen LogP contribution in [0.5, 0.6) is 11.5 Å². The lowest BCUT2D eigenvalue weighted by atomic mass is 9.55. The number of unbranched alkanes of at least 4 members (excludes halogenated alkanes) is 2. The van der Waals surface area contributed by atoms with E-state index in [1.807, 2.05) is 91.9 Å². The van der Waals surface area contributed by atoms with Crippen molar-refractivity contribution in [3.8, 4) is 11.5 Å². The summed E-state index contributed by atoms with van der Waals surface area (Å²) in [5, 5.41) is 29.4. The molecule has 1 heterocycles. The molecule has 1 fully saturated rings. The molecule has 2 amide bonds. The number of rotatable bonds is 18. The van der Waals surface area contributed by atoms with Gasteiger partial charge < -0.3 is 39.5 Å². The average Bonchev–Trinajstić information content (AvgIpc) is 3.27. The molecule has 316 valence electrons. The molecule has 0 aromatic heterocycles. The van der Waals surface area contributed by atoms with Crippen LogP contribution < -0.4 is 14.8 Å². The minimum atomic E-state index is -1.41. The Bertz CT molecular complexity index is 2190. The Morgan fingerprint density at radius 1 is 0.950 bits per heavy atom. The maximum atomic E-state index is 14.8. The Kier molecular flexibility index (Phi) is 14.0. The fourth-order valence-corrected chi connectivity index (χ4v) is 9.51. The molecule has 2 aliphatic carbocycles. The number of benzene rings is 4. The summed E-state index contributed by atoms with van der Waals surface area (Å²) in [5.74, 6) is -1.35. The van der Waals surface area contributed by atoms with Gasteiger partial charge in [0.1, 0.15) is 24.1 Å². The molecule has 11 heteroatoms. The lowest BCUT2D eigenvalue weighted by molar-refractivity contribution is -0.252. The second-order valence-electron chi connectivity index (χ2n) is 15.9. The van der Waals surface area contributed by atoms with E-state index in [1.54, 1.807) is 24.1 Å². The number of ether oxygens (including phenoxy) is 3. The Morgan fingerprint density at radius 3 is 2.45 bits per heavy atom. The average molecular weight is 816 g/mol. The number of allylic oxidation sites excluding steroid dienone is 1. The van der Waals surface area contributed by atoms with Crippen molar-refractivity contribution in [3.05, 3.63) is 132 Å². The summed E-state index contributed by atoms with van der Waals surface area (Å²) in [4.78, 5) is 35.5. The molecule has 0 bridgehead atoms. The number of oxime groups is 1. The van der Waals surface area contributed by atoms with E-state index in [1.165, 1.54) is 0 Å². The number of aliphatic hydroxyl groups excluding tert-OH is 2. The van der Waals surface area contributed by atoms with Gasteiger partial charge in [-0.25, -0.2) is 4.79 Å². The van der Waals surface area contributed by atoms with Gasteiger partial charge in [0.2, 0.25) is 5.79 Å². The van der Waals surface area contributed by atoms with Gasteiger partial charge in [0.05, 0.1) is 18.2 Å². The Labute approximate surface area is 352 Å². The molecular formula is C49H57N3O8. The van der Waals surface area contributed by atoms with Gasteiger partial charge in [0, 0.05) is 50.3 Å². The van der Waals surface area contributed by atoms with E-state index in [4.69, 9.17) is 24.2 Å². The standard InChI is InChI=1S/C49H57N3O8/c1-4-27-57-49-44(52(3)47(55)37-22-21-34-17-9-10-18-35(34)28-37)31-42(51-58-32-33-15-7-6-8-16-33)40-29-36(19-11-13-25-53)39(20-12-14-26-54)45(46(40)49)41-30-38(23-24-43(41)60-49)59-48(56)50-5-2/h4,6-10,15-18,21-24,28-30,36,39,44-46,53-54H,1,5,11-14,19-20,25-27,31-32H2,2-3H3,(H,50,56)/t36-,39+,44-,45+,46+,49+/m0/s1. The summed E-state index contributed by atoms with van der Waals surface area (Å²) < 4.78 is 20.1. The van der Waals surface area contributed by atoms with E-state index >= 15 is 0 Å². The molecule has 4 aromatic rings. The van der Waals surface area contributed by atoms with Gasteiger partial charge in [-0.2, -0.15) is 0 Å². The van der Waals surface area contributed by atoms with Crippen molar-refractivity contribution < 1.29 is 38.9 Å². The van der Waals surface area contributed by atoms with Gasteiger partial charge >= 0.3 is 6.09 Å². The fraction of sp³-hybridized carbons (Fsp3) is 0.408. The summed E-state index contributed by atoms with van der Waals surface area (Å²) in [6.07, 6.45) is 8.20. The van der Waals surface area contributed by atoms with E-state index in [0.717, 1.165) is 53.2 Å². The third-order valence-corrected chi connectivity index (χ3v) is 12.2. The third kappa shape index (κ3) is 8.99. The van der Waals surface area contributed by atoms with Crippen LogP contribution in [-0.4, -0.2) is 78.1 Å². The van der Waals surface area contributed by atoms with Crippen LogP contribution in [0, 0.1) is 17.8 Å². The van der Waals surface area contributed by atoms with Crippen LogP contribution in [0.3, 0.4) is 0 Å². The minimum absolute atomic E-state index is 0.0183. The summed E-state index contributed by atoms with van der Waals surface area (Å²) in [7, 11) is 1.80. The number of aliphatic hydroxyl groups is 2. The number of fused-ring (bicyclic) bond motifs is 3. The molecule has 11 nitrogen and oxygen atoms in total. The lowest BCUT2D eigenvalue weighted by Gasteiger charge is -2.59. The van der Waals surface area contributed by atoms with E-state index < -0.39 is 23.8 Å². The van der Waals surface area contributed by atoms with E-state index in [9.17, 15) is 19.8 Å². The number of hydrogen-bond acceptors (Lipinski definition) is 9. The Balaban J connectivity index is 1.42. The number of hydrogen-bond donors (Lipinski definition) is 3. The van der Waals surface area contributed by atoms with Crippen molar-refractivity contribution in [3.63, 3.8) is 0 Å². The Morgan fingerprint density at radius 2 is 1.70 bits per heavy atom. The Hall–Kier alpha value is -5.49. The first kappa shape index (κ1) is 42.6. The highest BCUT2D eigenvalue weighted by atomic mass is 16.7. The second-order valence-corrected chi connectivity index (χ2v) is 15.9. The van der Waals surface area contributed by atoms with Crippen LogP contribution in [0.4, 0.5) is 4.79 Å². The highest BCUT2D eigenvalue weighted by molar-refractivity contribution is 6.04. The van der Waals surface area contributed by atoms with Crippen LogP contribution in [0.25, 0.3) is 10.8 Å². The minimum Gasteiger partial charge on any atom is -0.459 e. The van der Waals surface area contributed by atoms with Crippen molar-refractivity contribution >= 4 is 28.5 Å². The molecule has 3 aliphatic rings. The summed E-state index contributed by atoms with van der Waals surface area (Å²) in [6, 6.07) is 28.3. The zero-order valence-corrected chi connectivity index (χ0v) is 34.6. The number of likely N-dealkylation sites (N-methyl/N-ethyl adjacent to an activating group) is 1. The van der Waals surface area contributed by atoms with Gasteiger partial charge in [-0.05, 0) is 96.7 Å². The van der Waals surface area contributed by atoms with Crippen molar-refractivity contribution in [1.82, 2.24) is 10.2 Å². The van der Waals surface area contributed by atoms with E-state index in [0.29, 0.717) is 42.2 Å². The summed E-state index contributed by atoms with van der Waals surface area (Å²) >= 11 is 0. The second kappa shape index (κ2) is 19.7. The molecule has 7 rings (SSSR count). The summed E-state index contributed by atoms with van der Waals surface area (Å²) in [5.41, 5.74) is 3.99. The van der Waals surface area contributed by atoms with Gasteiger partial charge in [-0.15, -0.1) is 6.58 Å².